The number of nitrogens with zero attached hydrogens (tertiary/aromatic N) is 1. The Bertz CT molecular complexity index is 510. The van der Waals surface area contributed by atoms with Crippen molar-refractivity contribution in [2.75, 3.05) is 31.6 Å². The van der Waals surface area contributed by atoms with Gasteiger partial charge in [-0.15, -0.1) is 0 Å². The third-order valence-corrected chi connectivity index (χ3v) is 4.26. The van der Waals surface area contributed by atoms with Gasteiger partial charge in [0.2, 0.25) is 0 Å². The Labute approximate surface area is 135 Å². The summed E-state index contributed by atoms with van der Waals surface area (Å²) < 4.78 is 24.6. The number of urea groups is 1. The van der Waals surface area contributed by atoms with Crippen LogP contribution in [0.15, 0.2) is 24.3 Å². The van der Waals surface area contributed by atoms with Crippen LogP contribution in [0.3, 0.4) is 0 Å². The van der Waals surface area contributed by atoms with E-state index in [4.69, 9.17) is 9.47 Å². The maximum atomic E-state index is 13.3. The zero-order valence-electron chi connectivity index (χ0n) is 13.2. The van der Waals surface area contributed by atoms with Crippen molar-refractivity contribution in [1.29, 1.82) is 0 Å². The fourth-order valence-electron chi connectivity index (χ4n) is 3.08. The highest BCUT2D eigenvalue weighted by atomic mass is 19.1. The van der Waals surface area contributed by atoms with E-state index >= 15 is 0 Å². The van der Waals surface area contributed by atoms with E-state index in [0.717, 1.165) is 38.9 Å². The maximum absolute atomic E-state index is 13.3. The molecule has 0 spiro atoms. The molecule has 3 rings (SSSR count). The largest absolute Gasteiger partial charge is 0.376 e. The van der Waals surface area contributed by atoms with Gasteiger partial charge in [0.25, 0.3) is 0 Å². The first kappa shape index (κ1) is 16.2. The molecule has 2 aliphatic heterocycles. The molecule has 2 amide bonds. The van der Waals surface area contributed by atoms with Crippen LogP contribution in [-0.4, -0.2) is 49.4 Å². The van der Waals surface area contributed by atoms with Crippen molar-refractivity contribution in [2.45, 2.75) is 37.9 Å². The van der Waals surface area contributed by atoms with E-state index in [1.54, 1.807) is 17.0 Å². The van der Waals surface area contributed by atoms with Gasteiger partial charge in [0.1, 0.15) is 5.82 Å². The van der Waals surface area contributed by atoms with Crippen LogP contribution in [-0.2, 0) is 9.47 Å². The first-order chi connectivity index (χ1) is 11.2. The average molecular weight is 322 g/mol. The highest BCUT2D eigenvalue weighted by Gasteiger charge is 2.27. The normalized spacial score (nSPS) is 23.9. The predicted molar refractivity (Wildman–Crippen MR) is 84.9 cm³/mol. The van der Waals surface area contributed by atoms with Crippen molar-refractivity contribution in [1.82, 2.24) is 4.90 Å². The van der Waals surface area contributed by atoms with E-state index in [1.807, 2.05) is 0 Å². The van der Waals surface area contributed by atoms with E-state index in [0.29, 0.717) is 18.8 Å². The number of hydrogen-bond donors (Lipinski definition) is 1. The van der Waals surface area contributed by atoms with Gasteiger partial charge < -0.3 is 19.7 Å². The van der Waals surface area contributed by atoms with Crippen LogP contribution in [0.4, 0.5) is 14.9 Å². The Balaban J connectivity index is 1.63. The Morgan fingerprint density at radius 3 is 2.35 bits per heavy atom. The lowest BCUT2D eigenvalue weighted by molar-refractivity contribution is 0.0524. The average Bonchev–Trinajstić information content (AvgIpc) is 3.20. The number of carbonyl (C=O) groups excluding carboxylic acids is 1. The second-order valence-electron chi connectivity index (χ2n) is 6.12. The van der Waals surface area contributed by atoms with Crippen LogP contribution in [0.2, 0.25) is 0 Å². The lowest BCUT2D eigenvalue weighted by atomic mass is 10.2. The molecule has 0 aromatic heterocycles. The first-order valence-corrected chi connectivity index (χ1v) is 8.25. The van der Waals surface area contributed by atoms with E-state index < -0.39 is 0 Å². The van der Waals surface area contributed by atoms with E-state index in [-0.39, 0.29) is 24.1 Å². The van der Waals surface area contributed by atoms with E-state index in [9.17, 15) is 9.18 Å². The van der Waals surface area contributed by atoms with E-state index in [1.165, 1.54) is 12.1 Å². The third kappa shape index (κ3) is 4.65. The van der Waals surface area contributed by atoms with Crippen molar-refractivity contribution < 1.29 is 18.7 Å². The number of amides is 2. The molecule has 2 aliphatic rings. The minimum atomic E-state index is -0.368. The number of ether oxygens (including phenoxy) is 2. The SMILES string of the molecule is O=C(Nc1cccc(F)c1)N(C[C@H]1CCCO1)C[C@@H]1CCCO1. The maximum Gasteiger partial charge on any atom is 0.322 e. The summed E-state index contributed by atoms with van der Waals surface area (Å²) in [7, 11) is 0. The first-order valence-electron chi connectivity index (χ1n) is 8.25. The smallest absolute Gasteiger partial charge is 0.322 e. The molecule has 0 aliphatic carbocycles. The van der Waals surface area contributed by atoms with Gasteiger partial charge in [0.05, 0.1) is 12.2 Å². The second kappa shape index (κ2) is 7.75. The van der Waals surface area contributed by atoms with Crippen LogP contribution in [0.25, 0.3) is 0 Å². The lowest BCUT2D eigenvalue weighted by Crippen LogP contribution is -2.44. The van der Waals surface area contributed by atoms with Gasteiger partial charge in [-0.05, 0) is 43.9 Å². The van der Waals surface area contributed by atoms with E-state index in [2.05, 4.69) is 5.32 Å². The quantitative estimate of drug-likeness (QED) is 0.906. The van der Waals surface area contributed by atoms with Crippen LogP contribution in [0.1, 0.15) is 25.7 Å². The zero-order chi connectivity index (χ0) is 16.1. The standard InChI is InChI=1S/C17H23FN2O3/c18-13-4-1-5-14(10-13)19-17(21)20(11-15-6-2-8-22-15)12-16-7-3-9-23-16/h1,4-5,10,15-16H,2-3,6-9,11-12H2,(H,19,21)/t15-,16+. The van der Waals surface area contributed by atoms with Crippen LogP contribution in [0.5, 0.6) is 0 Å². The predicted octanol–water partition coefficient (Wildman–Crippen LogP) is 3.02. The van der Waals surface area contributed by atoms with Crippen molar-refractivity contribution >= 4 is 11.7 Å². The number of hydrogen-bond acceptors (Lipinski definition) is 3. The van der Waals surface area contributed by atoms with Crippen LogP contribution >= 0.6 is 0 Å². The van der Waals surface area contributed by atoms with Gasteiger partial charge >= 0.3 is 6.03 Å². The molecule has 5 nitrogen and oxygen atoms in total. The van der Waals surface area contributed by atoms with Crippen LogP contribution in [0, 0.1) is 5.82 Å². The summed E-state index contributed by atoms with van der Waals surface area (Å²) in [6, 6.07) is 5.69. The van der Waals surface area contributed by atoms with Crippen molar-refractivity contribution in [3.8, 4) is 0 Å². The molecule has 0 saturated carbocycles. The third-order valence-electron chi connectivity index (χ3n) is 4.26. The van der Waals surface area contributed by atoms with Gasteiger partial charge in [0, 0.05) is 32.0 Å². The summed E-state index contributed by atoms with van der Waals surface area (Å²) in [5, 5.41) is 2.77. The van der Waals surface area contributed by atoms with Gasteiger partial charge in [-0.25, -0.2) is 9.18 Å². The summed E-state index contributed by atoms with van der Waals surface area (Å²) in [6.07, 6.45) is 4.16. The number of halogens is 1. The van der Waals surface area contributed by atoms with Crippen molar-refractivity contribution in [2.24, 2.45) is 0 Å². The zero-order valence-corrected chi connectivity index (χ0v) is 13.2. The molecule has 1 aromatic rings. The highest BCUT2D eigenvalue weighted by molar-refractivity contribution is 5.89. The summed E-state index contributed by atoms with van der Waals surface area (Å²) in [5.74, 6) is -0.368. The molecule has 2 atom stereocenters. The highest BCUT2D eigenvalue weighted by Crippen LogP contribution is 2.18. The minimum absolute atomic E-state index is 0.0784. The number of nitrogens with one attached hydrogen (secondary N) is 1. The molecule has 1 N–H and O–H groups in total. The number of rotatable bonds is 5. The molecule has 6 heteroatoms. The molecule has 1 aromatic carbocycles. The van der Waals surface area contributed by atoms with Crippen LogP contribution < -0.4 is 5.32 Å². The molecule has 2 heterocycles. The number of anilines is 1. The molecule has 0 radical (unpaired) electrons. The lowest BCUT2D eigenvalue weighted by Gasteiger charge is -2.28. The fraction of sp³-hybridized carbons (Fsp3) is 0.588. The Kier molecular flexibility index (Phi) is 5.46. The van der Waals surface area contributed by atoms with Gasteiger partial charge in [-0.3, -0.25) is 0 Å². The monoisotopic (exact) mass is 322 g/mol. The minimum Gasteiger partial charge on any atom is -0.376 e. The molecular weight excluding hydrogens is 299 g/mol. The van der Waals surface area contributed by atoms with Gasteiger partial charge in [-0.2, -0.15) is 0 Å². The molecule has 23 heavy (non-hydrogen) atoms. The van der Waals surface area contributed by atoms with Gasteiger partial charge in [0.15, 0.2) is 0 Å². The van der Waals surface area contributed by atoms with Crippen molar-refractivity contribution in [3.05, 3.63) is 30.1 Å². The fourth-order valence-corrected chi connectivity index (χ4v) is 3.08. The molecular formula is C17H23FN2O3. The Morgan fingerprint density at radius 1 is 1.17 bits per heavy atom. The number of carbonyl (C=O) groups is 1. The summed E-state index contributed by atoms with van der Waals surface area (Å²) >= 11 is 0. The summed E-state index contributed by atoms with van der Waals surface area (Å²) in [4.78, 5) is 14.3. The molecule has 2 saturated heterocycles. The molecule has 2 fully saturated rings. The Morgan fingerprint density at radius 2 is 1.83 bits per heavy atom. The summed E-state index contributed by atoms with van der Waals surface area (Å²) in [6.45, 7) is 2.59. The van der Waals surface area contributed by atoms with Crippen molar-refractivity contribution in [3.63, 3.8) is 0 Å². The summed E-state index contributed by atoms with van der Waals surface area (Å²) in [5.41, 5.74) is 0.458. The second-order valence-corrected chi connectivity index (χ2v) is 6.12. The molecule has 126 valence electrons. The van der Waals surface area contributed by atoms with Gasteiger partial charge in [-0.1, -0.05) is 6.07 Å². The molecule has 0 unspecified atom stereocenters. The Hall–Kier alpha value is -1.66. The topological polar surface area (TPSA) is 50.8 Å². The number of benzene rings is 1. The molecule has 0 bridgehead atoms.